The molecule has 0 saturated carbocycles. The molecule has 1 amide bonds. The lowest BCUT2D eigenvalue weighted by Gasteiger charge is -2.18. The van der Waals surface area contributed by atoms with Gasteiger partial charge < -0.3 is 14.8 Å². The van der Waals surface area contributed by atoms with E-state index in [1.807, 2.05) is 0 Å². The van der Waals surface area contributed by atoms with Crippen LogP contribution in [0.1, 0.15) is 5.56 Å². The summed E-state index contributed by atoms with van der Waals surface area (Å²) in [5, 5.41) is 7.67. The summed E-state index contributed by atoms with van der Waals surface area (Å²) in [5.74, 6) is -0.300. The van der Waals surface area contributed by atoms with Crippen LogP contribution in [-0.2, 0) is 21.4 Å². The number of ether oxygens (including phenoxy) is 2. The molecular weight excluding hydrogens is 408 g/mol. The molecule has 0 atom stereocenters. The van der Waals surface area contributed by atoms with Crippen molar-refractivity contribution in [1.82, 2.24) is 4.90 Å². The number of nitrogens with zero attached hydrogens (tertiary/aromatic N) is 1. The number of sulfonamides is 1. The quantitative estimate of drug-likeness (QED) is 0.631. The van der Waals surface area contributed by atoms with Crippen molar-refractivity contribution >= 4 is 21.6 Å². The Kier molecular flexibility index (Phi) is 7.48. The topological polar surface area (TPSA) is 111 Å². The van der Waals surface area contributed by atoms with Crippen LogP contribution < -0.4 is 19.9 Å². The summed E-state index contributed by atoms with van der Waals surface area (Å²) in [6, 6.07) is 10.1. The molecular formula is C18H21F2N3O5S. The van der Waals surface area contributed by atoms with Crippen molar-refractivity contribution in [3.63, 3.8) is 0 Å². The first-order chi connectivity index (χ1) is 13.6. The molecule has 0 spiro atoms. The van der Waals surface area contributed by atoms with Crippen LogP contribution in [0.15, 0.2) is 47.4 Å². The molecule has 0 radical (unpaired) electrons. The van der Waals surface area contributed by atoms with Crippen molar-refractivity contribution in [3.8, 4) is 11.5 Å². The van der Waals surface area contributed by atoms with Gasteiger partial charge in [-0.2, -0.15) is 8.78 Å². The Morgan fingerprint density at radius 2 is 1.93 bits per heavy atom. The van der Waals surface area contributed by atoms with Crippen LogP contribution in [-0.4, -0.2) is 46.5 Å². The molecule has 0 heterocycles. The third-order valence-corrected chi connectivity index (χ3v) is 4.67. The maximum absolute atomic E-state index is 12.4. The van der Waals surface area contributed by atoms with E-state index in [4.69, 9.17) is 9.88 Å². The minimum absolute atomic E-state index is 0.00277. The largest absolute Gasteiger partial charge is 0.493 e. The highest BCUT2D eigenvalue weighted by Crippen LogP contribution is 2.29. The predicted octanol–water partition coefficient (Wildman–Crippen LogP) is 2.01. The Bertz CT molecular complexity index is 970. The van der Waals surface area contributed by atoms with Gasteiger partial charge in [0.25, 0.3) is 0 Å². The first-order valence-corrected chi connectivity index (χ1v) is 9.86. The highest BCUT2D eigenvalue weighted by molar-refractivity contribution is 7.89. The summed E-state index contributed by atoms with van der Waals surface area (Å²) >= 11 is 0. The lowest BCUT2D eigenvalue weighted by Crippen LogP contribution is -2.30. The van der Waals surface area contributed by atoms with Gasteiger partial charge in [-0.25, -0.2) is 13.6 Å². The molecule has 3 N–H and O–H groups in total. The molecule has 0 aliphatic heterocycles. The van der Waals surface area contributed by atoms with Gasteiger partial charge in [0.05, 0.1) is 18.6 Å². The number of primary sulfonamides is 1. The number of nitrogens with two attached hydrogens (primary N) is 1. The Morgan fingerprint density at radius 3 is 2.55 bits per heavy atom. The molecule has 2 aromatic rings. The monoisotopic (exact) mass is 429 g/mol. The zero-order valence-corrected chi connectivity index (χ0v) is 16.6. The van der Waals surface area contributed by atoms with E-state index in [0.29, 0.717) is 12.2 Å². The summed E-state index contributed by atoms with van der Waals surface area (Å²) < 4.78 is 57.0. The van der Waals surface area contributed by atoms with Gasteiger partial charge in [-0.3, -0.25) is 9.69 Å². The average molecular weight is 429 g/mol. The molecule has 0 saturated heterocycles. The van der Waals surface area contributed by atoms with Gasteiger partial charge in [0.2, 0.25) is 15.9 Å². The van der Waals surface area contributed by atoms with Gasteiger partial charge in [-0.05, 0) is 42.9 Å². The number of carbonyl (C=O) groups excluding carboxylic acids is 1. The molecule has 0 bridgehead atoms. The van der Waals surface area contributed by atoms with Crippen molar-refractivity contribution in [3.05, 3.63) is 48.0 Å². The number of rotatable bonds is 9. The fraction of sp³-hybridized carbons (Fsp3) is 0.278. The van der Waals surface area contributed by atoms with E-state index in [9.17, 15) is 22.0 Å². The van der Waals surface area contributed by atoms with Crippen molar-refractivity contribution in [2.24, 2.45) is 5.14 Å². The highest BCUT2D eigenvalue weighted by Gasteiger charge is 2.14. The third-order valence-electron chi connectivity index (χ3n) is 3.76. The lowest BCUT2D eigenvalue weighted by atomic mass is 10.2. The number of hydrogen-bond donors (Lipinski definition) is 2. The van der Waals surface area contributed by atoms with Crippen molar-refractivity contribution in [2.45, 2.75) is 18.1 Å². The number of nitrogens with one attached hydrogen (secondary N) is 1. The first kappa shape index (κ1) is 22.5. The Labute approximate surface area is 167 Å². The summed E-state index contributed by atoms with van der Waals surface area (Å²) in [6.45, 7) is -2.64. The standard InChI is InChI=1S/C18H21F2N3O5S/c1-23(10-12-6-7-15(28-18(19)20)16(8-12)27-2)11-17(24)22-13-4-3-5-14(9-13)29(21,25)26/h3-9,18H,10-11H2,1-2H3,(H,22,24)(H2,21,25,26). The molecule has 0 unspecified atom stereocenters. The van der Waals surface area contributed by atoms with Crippen LogP contribution in [0.5, 0.6) is 11.5 Å². The minimum Gasteiger partial charge on any atom is -0.493 e. The number of benzene rings is 2. The van der Waals surface area contributed by atoms with Gasteiger partial charge in [0.15, 0.2) is 11.5 Å². The number of amides is 1. The Balaban J connectivity index is 1.98. The zero-order valence-electron chi connectivity index (χ0n) is 15.8. The van der Waals surface area contributed by atoms with Gasteiger partial charge in [-0.15, -0.1) is 0 Å². The molecule has 0 fully saturated rings. The SMILES string of the molecule is COc1cc(CN(C)CC(=O)Nc2cccc(S(N)(=O)=O)c2)ccc1OC(F)F. The molecule has 0 aliphatic carbocycles. The van der Waals surface area contributed by atoms with Gasteiger partial charge in [0.1, 0.15) is 0 Å². The molecule has 2 aromatic carbocycles. The van der Waals surface area contributed by atoms with E-state index in [1.54, 1.807) is 30.1 Å². The summed E-state index contributed by atoms with van der Waals surface area (Å²) in [6.07, 6.45) is 0. The number of anilines is 1. The minimum atomic E-state index is -3.87. The van der Waals surface area contributed by atoms with Crippen LogP contribution in [0.25, 0.3) is 0 Å². The van der Waals surface area contributed by atoms with E-state index in [1.165, 1.54) is 31.4 Å². The van der Waals surface area contributed by atoms with E-state index >= 15 is 0 Å². The van der Waals surface area contributed by atoms with Crippen LogP contribution >= 0.6 is 0 Å². The summed E-state index contributed by atoms with van der Waals surface area (Å²) in [7, 11) is -0.845. The van der Waals surface area contributed by atoms with E-state index in [-0.39, 0.29) is 28.8 Å². The number of carbonyl (C=O) groups is 1. The second kappa shape index (κ2) is 9.63. The first-order valence-electron chi connectivity index (χ1n) is 8.31. The highest BCUT2D eigenvalue weighted by atomic mass is 32.2. The predicted molar refractivity (Wildman–Crippen MR) is 102 cm³/mol. The van der Waals surface area contributed by atoms with E-state index in [2.05, 4.69) is 10.1 Å². The maximum Gasteiger partial charge on any atom is 0.387 e. The fourth-order valence-electron chi connectivity index (χ4n) is 2.57. The van der Waals surface area contributed by atoms with Crippen molar-refractivity contribution in [2.75, 3.05) is 26.0 Å². The Morgan fingerprint density at radius 1 is 1.21 bits per heavy atom. The van der Waals surface area contributed by atoms with Crippen LogP contribution in [0.2, 0.25) is 0 Å². The van der Waals surface area contributed by atoms with E-state index in [0.717, 1.165) is 5.56 Å². The van der Waals surface area contributed by atoms with Crippen molar-refractivity contribution < 1.29 is 31.5 Å². The maximum atomic E-state index is 12.4. The Hall–Kier alpha value is -2.76. The van der Waals surface area contributed by atoms with E-state index < -0.39 is 16.6 Å². The average Bonchev–Trinajstić information content (AvgIpc) is 2.61. The van der Waals surface area contributed by atoms with Crippen molar-refractivity contribution in [1.29, 1.82) is 0 Å². The number of halogens is 2. The van der Waals surface area contributed by atoms with Gasteiger partial charge in [-0.1, -0.05) is 12.1 Å². The molecule has 2 rings (SSSR count). The van der Waals surface area contributed by atoms with Gasteiger partial charge >= 0.3 is 6.61 Å². The molecule has 0 aromatic heterocycles. The number of likely N-dealkylation sites (N-methyl/N-ethyl adjacent to an activating group) is 1. The number of hydrogen-bond acceptors (Lipinski definition) is 6. The number of alkyl halides is 2. The van der Waals surface area contributed by atoms with Crippen LogP contribution in [0.3, 0.4) is 0 Å². The molecule has 158 valence electrons. The number of methoxy groups -OCH3 is 1. The molecule has 0 aliphatic rings. The smallest absolute Gasteiger partial charge is 0.387 e. The van der Waals surface area contributed by atoms with Crippen LogP contribution in [0.4, 0.5) is 14.5 Å². The van der Waals surface area contributed by atoms with Gasteiger partial charge in [0, 0.05) is 12.2 Å². The molecule has 8 nitrogen and oxygen atoms in total. The summed E-state index contributed by atoms with van der Waals surface area (Å²) in [4.78, 5) is 13.8. The molecule has 29 heavy (non-hydrogen) atoms. The van der Waals surface area contributed by atoms with Crippen LogP contribution in [0, 0.1) is 0 Å². The third kappa shape index (κ3) is 6.97. The lowest BCUT2D eigenvalue weighted by molar-refractivity contribution is -0.117. The second-order valence-electron chi connectivity index (χ2n) is 6.16. The summed E-state index contributed by atoms with van der Waals surface area (Å²) in [5.41, 5.74) is 1.01. The fourth-order valence-corrected chi connectivity index (χ4v) is 3.13. The normalized spacial score (nSPS) is 11.6. The zero-order chi connectivity index (χ0) is 21.6. The molecule has 11 heteroatoms. The second-order valence-corrected chi connectivity index (χ2v) is 7.72.